The number of thiophene rings is 1. The zero-order valence-corrected chi connectivity index (χ0v) is 10.6. The number of nitrogens with zero attached hydrogens (tertiary/aromatic N) is 2. The number of nitrogen functional groups attached to an aromatic ring is 1. The highest BCUT2D eigenvalue weighted by Gasteiger charge is 2.33. The average Bonchev–Trinajstić information content (AvgIpc) is 2.80. The molecule has 0 amide bonds. The largest absolute Gasteiger partial charge is 0.433 e. The first-order chi connectivity index (χ1) is 8.95. The lowest BCUT2D eigenvalue weighted by molar-refractivity contribution is -0.141. The van der Waals surface area contributed by atoms with Crippen molar-refractivity contribution in [3.63, 3.8) is 0 Å². The molecule has 2 aromatic heterocycles. The van der Waals surface area contributed by atoms with Gasteiger partial charge in [-0.15, -0.1) is 0 Å². The minimum Gasteiger partial charge on any atom is -0.370 e. The Kier molecular flexibility index (Phi) is 3.89. The normalized spacial score (nSPS) is 11.5. The van der Waals surface area contributed by atoms with E-state index in [2.05, 4.69) is 15.3 Å². The maximum Gasteiger partial charge on any atom is 0.433 e. The molecule has 3 N–H and O–H groups in total. The van der Waals surface area contributed by atoms with Gasteiger partial charge in [-0.1, -0.05) is 0 Å². The van der Waals surface area contributed by atoms with E-state index in [-0.39, 0.29) is 5.82 Å². The van der Waals surface area contributed by atoms with Gasteiger partial charge in [0.15, 0.2) is 5.69 Å². The molecule has 0 unspecified atom stereocenters. The SMILES string of the molecule is Nc1nc(NCCc2ccsc2)cc(C(F)(F)F)n1. The first-order valence-corrected chi connectivity index (χ1v) is 6.36. The van der Waals surface area contributed by atoms with Gasteiger partial charge in [-0.25, -0.2) is 4.98 Å². The summed E-state index contributed by atoms with van der Waals surface area (Å²) < 4.78 is 37.6. The number of rotatable bonds is 4. The summed E-state index contributed by atoms with van der Waals surface area (Å²) >= 11 is 1.57. The molecule has 0 spiro atoms. The Balaban J connectivity index is 2.02. The van der Waals surface area contributed by atoms with Crippen LogP contribution in [0.5, 0.6) is 0 Å². The summed E-state index contributed by atoms with van der Waals surface area (Å²) in [5.41, 5.74) is 5.34. The predicted octanol–water partition coefficient (Wildman–Crippen LogP) is 2.79. The third-order valence-electron chi connectivity index (χ3n) is 2.33. The van der Waals surface area contributed by atoms with Crippen molar-refractivity contribution in [3.05, 3.63) is 34.2 Å². The van der Waals surface area contributed by atoms with Gasteiger partial charge in [-0.3, -0.25) is 0 Å². The topological polar surface area (TPSA) is 63.8 Å². The van der Waals surface area contributed by atoms with E-state index in [1.54, 1.807) is 11.3 Å². The van der Waals surface area contributed by atoms with E-state index >= 15 is 0 Å². The summed E-state index contributed by atoms with van der Waals surface area (Å²) in [4.78, 5) is 6.89. The highest BCUT2D eigenvalue weighted by Crippen LogP contribution is 2.29. The van der Waals surface area contributed by atoms with Gasteiger partial charge in [0.1, 0.15) is 5.82 Å². The minimum atomic E-state index is -4.53. The molecule has 102 valence electrons. The summed E-state index contributed by atoms with van der Waals surface area (Å²) in [6.45, 7) is 0.477. The van der Waals surface area contributed by atoms with Crippen molar-refractivity contribution in [1.82, 2.24) is 9.97 Å². The van der Waals surface area contributed by atoms with Crippen LogP contribution in [0.4, 0.5) is 24.9 Å². The molecule has 8 heteroatoms. The van der Waals surface area contributed by atoms with Crippen molar-refractivity contribution in [3.8, 4) is 0 Å². The van der Waals surface area contributed by atoms with Gasteiger partial charge in [0.25, 0.3) is 0 Å². The van der Waals surface area contributed by atoms with Crippen molar-refractivity contribution < 1.29 is 13.2 Å². The van der Waals surface area contributed by atoms with E-state index in [1.165, 1.54) is 0 Å². The lowest BCUT2D eigenvalue weighted by Gasteiger charge is -2.10. The van der Waals surface area contributed by atoms with Gasteiger partial charge in [-0.2, -0.15) is 29.5 Å². The van der Waals surface area contributed by atoms with Gasteiger partial charge in [0, 0.05) is 12.6 Å². The number of hydrogen-bond donors (Lipinski definition) is 2. The van der Waals surface area contributed by atoms with Crippen molar-refractivity contribution in [2.75, 3.05) is 17.6 Å². The van der Waals surface area contributed by atoms with Gasteiger partial charge >= 0.3 is 6.18 Å². The van der Waals surface area contributed by atoms with Gasteiger partial charge in [0.05, 0.1) is 0 Å². The maximum absolute atomic E-state index is 12.5. The first-order valence-electron chi connectivity index (χ1n) is 5.42. The van der Waals surface area contributed by atoms with E-state index in [0.29, 0.717) is 13.0 Å². The molecule has 2 aromatic rings. The Bertz CT molecular complexity index is 539. The third-order valence-corrected chi connectivity index (χ3v) is 3.07. The molecule has 19 heavy (non-hydrogen) atoms. The lowest BCUT2D eigenvalue weighted by atomic mass is 10.2. The first kappa shape index (κ1) is 13.6. The third kappa shape index (κ3) is 3.82. The van der Waals surface area contributed by atoms with Crippen LogP contribution >= 0.6 is 11.3 Å². The molecule has 0 aliphatic heterocycles. The quantitative estimate of drug-likeness (QED) is 0.908. The Morgan fingerprint density at radius 1 is 1.32 bits per heavy atom. The van der Waals surface area contributed by atoms with Gasteiger partial charge in [0.2, 0.25) is 5.95 Å². The van der Waals surface area contributed by atoms with E-state index < -0.39 is 17.8 Å². The second kappa shape index (κ2) is 5.43. The van der Waals surface area contributed by atoms with Crippen LogP contribution in [0.2, 0.25) is 0 Å². The highest BCUT2D eigenvalue weighted by atomic mass is 32.1. The molecule has 0 radical (unpaired) electrons. The zero-order valence-electron chi connectivity index (χ0n) is 9.74. The summed E-state index contributed by atoms with van der Waals surface area (Å²) in [5.74, 6) is -0.317. The maximum atomic E-state index is 12.5. The van der Waals surface area contributed by atoms with Crippen LogP contribution in [0.3, 0.4) is 0 Å². The molecule has 4 nitrogen and oxygen atoms in total. The van der Waals surface area contributed by atoms with Crippen LogP contribution in [0, 0.1) is 0 Å². The van der Waals surface area contributed by atoms with Crippen LogP contribution in [0.15, 0.2) is 22.9 Å². The van der Waals surface area contributed by atoms with Crippen molar-refractivity contribution in [1.29, 1.82) is 0 Å². The summed E-state index contributed by atoms with van der Waals surface area (Å²) in [5, 5.41) is 6.74. The summed E-state index contributed by atoms with van der Waals surface area (Å²) in [6.07, 6.45) is -3.82. The molecule has 0 bridgehead atoms. The van der Waals surface area contributed by atoms with Crippen molar-refractivity contribution in [2.45, 2.75) is 12.6 Å². The fraction of sp³-hybridized carbons (Fsp3) is 0.273. The highest BCUT2D eigenvalue weighted by molar-refractivity contribution is 7.07. The molecule has 2 heterocycles. The fourth-order valence-electron chi connectivity index (χ4n) is 1.47. The van der Waals surface area contributed by atoms with E-state index in [4.69, 9.17) is 5.73 Å². The van der Waals surface area contributed by atoms with Crippen LogP contribution in [0.1, 0.15) is 11.3 Å². The summed E-state index contributed by atoms with van der Waals surface area (Å²) in [7, 11) is 0. The molecular weight excluding hydrogens is 277 g/mol. The number of alkyl halides is 3. The number of anilines is 2. The molecule has 0 saturated heterocycles. The monoisotopic (exact) mass is 288 g/mol. The Labute approximate surface area is 111 Å². The average molecular weight is 288 g/mol. The molecular formula is C11H11F3N4S. The standard InChI is InChI=1S/C11H11F3N4S/c12-11(13,14)8-5-9(18-10(15)17-8)16-3-1-7-2-4-19-6-7/h2,4-6H,1,3H2,(H3,15,16,17,18). The molecule has 2 rings (SSSR count). The minimum absolute atomic E-state index is 0.0788. The van der Waals surface area contributed by atoms with Crippen LogP contribution in [-0.2, 0) is 12.6 Å². The lowest BCUT2D eigenvalue weighted by Crippen LogP contribution is -2.14. The van der Waals surface area contributed by atoms with E-state index in [1.807, 2.05) is 16.8 Å². The molecule has 0 atom stereocenters. The van der Waals surface area contributed by atoms with E-state index in [9.17, 15) is 13.2 Å². The molecule has 0 aliphatic rings. The zero-order chi connectivity index (χ0) is 13.9. The second-order valence-corrected chi connectivity index (χ2v) is 4.58. The number of nitrogens with one attached hydrogen (secondary N) is 1. The fourth-order valence-corrected chi connectivity index (χ4v) is 2.17. The van der Waals surface area contributed by atoms with E-state index in [0.717, 1.165) is 11.6 Å². The smallest absolute Gasteiger partial charge is 0.370 e. The Hall–Kier alpha value is -1.83. The summed E-state index contributed by atoms with van der Waals surface area (Å²) in [6, 6.07) is 2.81. The van der Waals surface area contributed by atoms with Crippen LogP contribution in [-0.4, -0.2) is 16.5 Å². The van der Waals surface area contributed by atoms with Crippen molar-refractivity contribution in [2.24, 2.45) is 0 Å². The van der Waals surface area contributed by atoms with Crippen LogP contribution in [0.25, 0.3) is 0 Å². The molecule has 0 aliphatic carbocycles. The van der Waals surface area contributed by atoms with Crippen LogP contribution < -0.4 is 11.1 Å². The molecule has 0 saturated carbocycles. The number of halogens is 3. The second-order valence-electron chi connectivity index (χ2n) is 3.80. The van der Waals surface area contributed by atoms with Crippen molar-refractivity contribution >= 4 is 23.1 Å². The van der Waals surface area contributed by atoms with Gasteiger partial charge in [-0.05, 0) is 28.8 Å². The Morgan fingerprint density at radius 3 is 2.74 bits per heavy atom. The molecule has 0 aromatic carbocycles. The van der Waals surface area contributed by atoms with Gasteiger partial charge < -0.3 is 11.1 Å². The number of aromatic nitrogens is 2. The Morgan fingerprint density at radius 2 is 2.11 bits per heavy atom. The predicted molar refractivity (Wildman–Crippen MR) is 68.0 cm³/mol. The molecule has 0 fully saturated rings. The number of nitrogens with two attached hydrogens (primary N) is 1. The number of hydrogen-bond acceptors (Lipinski definition) is 5.